The van der Waals surface area contributed by atoms with Crippen molar-refractivity contribution < 1.29 is 19.0 Å². The van der Waals surface area contributed by atoms with Crippen molar-refractivity contribution in [3.05, 3.63) is 23.8 Å². The van der Waals surface area contributed by atoms with E-state index in [1.165, 1.54) is 4.90 Å². The molecule has 1 aliphatic heterocycles. The van der Waals surface area contributed by atoms with Crippen molar-refractivity contribution in [3.63, 3.8) is 0 Å². The van der Waals surface area contributed by atoms with Crippen LogP contribution in [0.3, 0.4) is 0 Å². The average molecular weight is 577 g/mol. The Hall–Kier alpha value is -1.75. The summed E-state index contributed by atoms with van der Waals surface area (Å²) in [6.07, 6.45) is 4.15. The van der Waals surface area contributed by atoms with Crippen LogP contribution in [0.15, 0.2) is 23.2 Å². The maximum absolute atomic E-state index is 12.0. The van der Waals surface area contributed by atoms with Gasteiger partial charge in [0.2, 0.25) is 5.91 Å². The summed E-state index contributed by atoms with van der Waals surface area (Å²) < 4.78 is 17.5. The number of benzene rings is 1. The highest BCUT2D eigenvalue weighted by Crippen LogP contribution is 2.31. The Morgan fingerprint density at radius 3 is 2.52 bits per heavy atom. The van der Waals surface area contributed by atoms with Crippen LogP contribution in [0.25, 0.3) is 0 Å². The zero-order chi connectivity index (χ0) is 23.3. The molecule has 188 valence electrons. The lowest BCUT2D eigenvalue weighted by Crippen LogP contribution is -2.42. The molecule has 33 heavy (non-hydrogen) atoms. The molecule has 0 aliphatic carbocycles. The van der Waals surface area contributed by atoms with Crippen molar-refractivity contribution in [3.8, 4) is 11.5 Å². The summed E-state index contributed by atoms with van der Waals surface area (Å²) in [6.45, 7) is 9.04. The largest absolute Gasteiger partial charge is 0.490 e. The maximum Gasteiger partial charge on any atom is 0.243 e. The summed E-state index contributed by atoms with van der Waals surface area (Å²) in [5, 5.41) is 6.75. The van der Waals surface area contributed by atoms with Gasteiger partial charge in [-0.3, -0.25) is 4.79 Å². The Labute approximate surface area is 215 Å². The molecule has 0 aromatic heterocycles. The van der Waals surface area contributed by atoms with Crippen LogP contribution in [0, 0.1) is 0 Å². The normalized spacial score (nSPS) is 16.5. The first-order valence-corrected chi connectivity index (χ1v) is 11.7. The van der Waals surface area contributed by atoms with Crippen LogP contribution in [0.2, 0.25) is 0 Å². The number of nitrogens with one attached hydrogen (secondary N) is 2. The zero-order valence-electron chi connectivity index (χ0n) is 20.7. The number of aliphatic imine (C=N–C) groups is 1. The SMILES string of the molecule is CCCOc1ccc(C(C)NC(=NCC(=O)N(C)C)NCC2CCCO2)cc1OCCC.I. The third-order valence-corrected chi connectivity index (χ3v) is 5.14. The van der Waals surface area contributed by atoms with Crippen molar-refractivity contribution in [1.29, 1.82) is 0 Å². The summed E-state index contributed by atoms with van der Waals surface area (Å²) in [6, 6.07) is 5.95. The van der Waals surface area contributed by atoms with Crippen molar-refractivity contribution in [2.45, 2.75) is 58.6 Å². The highest BCUT2D eigenvalue weighted by molar-refractivity contribution is 14.0. The van der Waals surface area contributed by atoms with Gasteiger partial charge in [-0.25, -0.2) is 4.99 Å². The molecule has 1 aromatic carbocycles. The van der Waals surface area contributed by atoms with Crippen LogP contribution in [-0.4, -0.2) is 69.9 Å². The minimum absolute atomic E-state index is 0. The molecule has 2 N–H and O–H groups in total. The molecule has 2 unspecified atom stereocenters. The van der Waals surface area contributed by atoms with E-state index in [2.05, 4.69) is 36.4 Å². The average Bonchev–Trinajstić information content (AvgIpc) is 3.31. The zero-order valence-corrected chi connectivity index (χ0v) is 23.0. The van der Waals surface area contributed by atoms with Gasteiger partial charge in [0.1, 0.15) is 6.54 Å². The van der Waals surface area contributed by atoms with Gasteiger partial charge in [0.05, 0.1) is 25.4 Å². The molecule has 8 nitrogen and oxygen atoms in total. The van der Waals surface area contributed by atoms with Gasteiger partial charge in [-0.1, -0.05) is 19.9 Å². The van der Waals surface area contributed by atoms with E-state index in [9.17, 15) is 4.79 Å². The topological polar surface area (TPSA) is 84.4 Å². The monoisotopic (exact) mass is 576 g/mol. The van der Waals surface area contributed by atoms with E-state index in [1.807, 2.05) is 18.2 Å². The fraction of sp³-hybridized carbons (Fsp3) is 0.667. The van der Waals surface area contributed by atoms with Crippen molar-refractivity contribution >= 4 is 35.8 Å². The summed E-state index contributed by atoms with van der Waals surface area (Å²) in [5.41, 5.74) is 1.05. The van der Waals surface area contributed by atoms with Crippen molar-refractivity contribution in [1.82, 2.24) is 15.5 Å². The van der Waals surface area contributed by atoms with Crippen LogP contribution >= 0.6 is 24.0 Å². The van der Waals surface area contributed by atoms with Crippen LogP contribution in [0.5, 0.6) is 11.5 Å². The van der Waals surface area contributed by atoms with Crippen molar-refractivity contribution in [2.24, 2.45) is 4.99 Å². The molecule has 1 aliphatic rings. The van der Waals surface area contributed by atoms with Gasteiger partial charge >= 0.3 is 0 Å². The van der Waals surface area contributed by atoms with E-state index >= 15 is 0 Å². The van der Waals surface area contributed by atoms with Gasteiger partial charge in [0.25, 0.3) is 0 Å². The second kappa shape index (κ2) is 16.0. The quantitative estimate of drug-likeness (QED) is 0.224. The second-order valence-corrected chi connectivity index (χ2v) is 8.24. The number of guanidine groups is 1. The first-order valence-electron chi connectivity index (χ1n) is 11.7. The summed E-state index contributed by atoms with van der Waals surface area (Å²) in [5.74, 6) is 2.05. The Morgan fingerprint density at radius 2 is 1.91 bits per heavy atom. The van der Waals surface area contributed by atoms with Gasteiger partial charge in [-0.15, -0.1) is 24.0 Å². The molecule has 0 spiro atoms. The number of rotatable bonds is 12. The predicted octanol–water partition coefficient (Wildman–Crippen LogP) is 3.75. The van der Waals surface area contributed by atoms with Crippen LogP contribution < -0.4 is 20.1 Å². The molecule has 1 aromatic rings. The Morgan fingerprint density at radius 1 is 1.21 bits per heavy atom. The van der Waals surface area contributed by atoms with Gasteiger partial charge in [0, 0.05) is 27.2 Å². The number of nitrogens with zero attached hydrogens (tertiary/aromatic N) is 2. The van der Waals surface area contributed by atoms with Gasteiger partial charge in [0.15, 0.2) is 17.5 Å². The van der Waals surface area contributed by atoms with Crippen molar-refractivity contribution in [2.75, 3.05) is 47.0 Å². The Kier molecular flexibility index (Phi) is 14.2. The van der Waals surface area contributed by atoms with Gasteiger partial charge in [-0.2, -0.15) is 0 Å². The molecule has 1 amide bonds. The molecular formula is C24H41IN4O4. The molecule has 0 bridgehead atoms. The van der Waals surface area contributed by atoms with E-state index in [1.54, 1.807) is 14.1 Å². The number of carbonyl (C=O) groups is 1. The summed E-state index contributed by atoms with van der Waals surface area (Å²) >= 11 is 0. The van der Waals surface area contributed by atoms with Crippen LogP contribution in [0.4, 0.5) is 0 Å². The number of ether oxygens (including phenoxy) is 3. The minimum Gasteiger partial charge on any atom is -0.490 e. The van der Waals surface area contributed by atoms with Gasteiger partial charge < -0.3 is 29.7 Å². The first-order chi connectivity index (χ1) is 15.4. The highest BCUT2D eigenvalue weighted by Gasteiger charge is 2.18. The van der Waals surface area contributed by atoms with E-state index in [4.69, 9.17) is 14.2 Å². The molecule has 1 saturated heterocycles. The molecule has 9 heteroatoms. The number of halogens is 1. The fourth-order valence-corrected chi connectivity index (χ4v) is 3.20. The number of amides is 1. The summed E-state index contributed by atoms with van der Waals surface area (Å²) in [7, 11) is 3.46. The number of carbonyl (C=O) groups excluding carboxylic acids is 1. The molecule has 2 atom stereocenters. The predicted molar refractivity (Wildman–Crippen MR) is 143 cm³/mol. The molecule has 0 saturated carbocycles. The smallest absolute Gasteiger partial charge is 0.243 e. The number of hydrogen-bond acceptors (Lipinski definition) is 5. The van der Waals surface area contributed by atoms with E-state index in [0.717, 1.165) is 49.4 Å². The standard InChI is InChI=1S/C24H40N4O4.HI/c1-6-12-31-21-11-10-19(15-22(21)32-13-7-2)18(3)27-24(26-17-23(29)28(4)5)25-16-20-9-8-14-30-20;/h10-11,15,18,20H,6-9,12-14,16-17H2,1-5H3,(H2,25,26,27);1H. The Bertz CT molecular complexity index is 739. The molecule has 1 heterocycles. The second-order valence-electron chi connectivity index (χ2n) is 8.24. The van der Waals surface area contributed by atoms with Gasteiger partial charge in [-0.05, 0) is 50.3 Å². The number of hydrogen-bond donors (Lipinski definition) is 2. The van der Waals surface area contributed by atoms with E-state index in [-0.39, 0.29) is 48.6 Å². The lowest BCUT2D eigenvalue weighted by atomic mass is 10.1. The number of likely N-dealkylation sites (N-methyl/N-ethyl adjacent to an activating group) is 1. The lowest BCUT2D eigenvalue weighted by molar-refractivity contribution is -0.127. The highest BCUT2D eigenvalue weighted by atomic mass is 127. The Balaban J connectivity index is 0.00000544. The van der Waals surface area contributed by atoms with E-state index in [0.29, 0.717) is 25.7 Å². The summed E-state index contributed by atoms with van der Waals surface area (Å²) in [4.78, 5) is 18.1. The first kappa shape index (κ1) is 29.3. The van der Waals surface area contributed by atoms with Crippen LogP contribution in [-0.2, 0) is 9.53 Å². The maximum atomic E-state index is 12.0. The lowest BCUT2D eigenvalue weighted by Gasteiger charge is -2.21. The molecule has 2 rings (SSSR count). The molecular weight excluding hydrogens is 535 g/mol. The molecule has 0 radical (unpaired) electrons. The third kappa shape index (κ3) is 10.4. The fourth-order valence-electron chi connectivity index (χ4n) is 3.20. The third-order valence-electron chi connectivity index (χ3n) is 5.14. The van der Waals surface area contributed by atoms with E-state index < -0.39 is 0 Å². The van der Waals surface area contributed by atoms with Crippen LogP contribution in [0.1, 0.15) is 58.1 Å². The molecule has 1 fully saturated rings. The minimum atomic E-state index is -0.0523.